The molecule has 1 aromatic carbocycles. The van der Waals surface area contributed by atoms with E-state index in [1.165, 1.54) is 20.7 Å². The molecule has 1 aliphatic rings. The summed E-state index contributed by atoms with van der Waals surface area (Å²) in [7, 11) is -7.12. The number of hydrogen-bond donors (Lipinski definition) is 0. The van der Waals surface area contributed by atoms with E-state index in [4.69, 9.17) is 11.6 Å². The Morgan fingerprint density at radius 3 is 2.45 bits per heavy atom. The number of fused-ring (bicyclic) bond motifs is 1. The Morgan fingerprint density at radius 1 is 1.32 bits per heavy atom. The Kier molecular flexibility index (Phi) is 4.77. The van der Waals surface area contributed by atoms with Crippen molar-refractivity contribution in [3.63, 3.8) is 0 Å². The van der Waals surface area contributed by atoms with Gasteiger partial charge >= 0.3 is 10.2 Å². The minimum absolute atomic E-state index is 0.0906. The quantitative estimate of drug-likeness (QED) is 0.758. The molecule has 0 amide bonds. The summed E-state index contributed by atoms with van der Waals surface area (Å²) in [6.45, 7) is 3.91. The van der Waals surface area contributed by atoms with E-state index in [1.807, 2.05) is 0 Å². The molecule has 6 nitrogen and oxygen atoms in total. The summed E-state index contributed by atoms with van der Waals surface area (Å²) in [5.74, 6) is 0.119. The smallest absolute Gasteiger partial charge is 0.256 e. The van der Waals surface area contributed by atoms with Gasteiger partial charge in [-0.15, -0.1) is 11.6 Å². The zero-order valence-electron chi connectivity index (χ0n) is 12.7. The van der Waals surface area contributed by atoms with Gasteiger partial charge < -0.3 is 0 Å². The van der Waals surface area contributed by atoms with Crippen molar-refractivity contribution in [3.8, 4) is 0 Å². The molecule has 1 heterocycles. The molecule has 0 atom stereocenters. The third kappa shape index (κ3) is 3.10. The predicted octanol–water partition coefficient (Wildman–Crippen LogP) is 1.60. The van der Waals surface area contributed by atoms with E-state index >= 15 is 0 Å². The van der Waals surface area contributed by atoms with E-state index < -0.39 is 20.0 Å². The maximum atomic E-state index is 12.7. The zero-order valence-corrected chi connectivity index (χ0v) is 15.0. The third-order valence-corrected chi connectivity index (χ3v) is 6.88. The van der Waals surface area contributed by atoms with Crippen LogP contribution in [0.5, 0.6) is 0 Å². The monoisotopic (exact) mass is 366 g/mol. The molecule has 1 aromatic rings. The first-order chi connectivity index (χ1) is 10.1. The summed E-state index contributed by atoms with van der Waals surface area (Å²) >= 11 is 5.74. The fraction of sp³-hybridized carbons (Fsp3) is 0.538. The minimum atomic E-state index is -3.71. The molecule has 0 radical (unpaired) electrons. The average Bonchev–Trinajstić information content (AvgIpc) is 2.39. The lowest BCUT2D eigenvalue weighted by molar-refractivity contribution is 0.341. The van der Waals surface area contributed by atoms with Crippen LogP contribution in [0.4, 0.5) is 5.69 Å². The summed E-state index contributed by atoms with van der Waals surface area (Å²) in [6.07, 6.45) is 1.10. The standard InChI is InChI=1S/C13H19ClN2O4S2/c1-10(2)16-9-11-4-5-12(21(3,17)18)8-13(11)15(7-6-14)22(16,19)20/h4-5,8,10H,6-7,9H2,1-3H3. The van der Waals surface area contributed by atoms with Gasteiger partial charge in [0.05, 0.1) is 10.6 Å². The van der Waals surface area contributed by atoms with Crippen LogP contribution in [-0.2, 0) is 26.6 Å². The van der Waals surface area contributed by atoms with Gasteiger partial charge in [0.25, 0.3) is 0 Å². The Balaban J connectivity index is 2.65. The van der Waals surface area contributed by atoms with Crippen molar-refractivity contribution in [1.82, 2.24) is 4.31 Å². The highest BCUT2D eigenvalue weighted by molar-refractivity contribution is 7.91. The molecule has 0 spiro atoms. The van der Waals surface area contributed by atoms with Gasteiger partial charge in [-0.25, -0.2) is 8.42 Å². The van der Waals surface area contributed by atoms with E-state index in [-0.39, 0.29) is 29.9 Å². The fourth-order valence-electron chi connectivity index (χ4n) is 2.40. The third-order valence-electron chi connectivity index (χ3n) is 3.52. The van der Waals surface area contributed by atoms with Gasteiger partial charge in [0.2, 0.25) is 0 Å². The molecule has 9 heteroatoms. The second kappa shape index (κ2) is 5.99. The van der Waals surface area contributed by atoms with Crippen molar-refractivity contribution in [2.75, 3.05) is 23.0 Å². The van der Waals surface area contributed by atoms with Crippen LogP contribution in [-0.4, -0.2) is 45.9 Å². The van der Waals surface area contributed by atoms with Crippen LogP contribution < -0.4 is 4.31 Å². The lowest BCUT2D eigenvalue weighted by Crippen LogP contribution is -2.50. The van der Waals surface area contributed by atoms with E-state index in [2.05, 4.69) is 0 Å². The number of rotatable bonds is 4. The fourth-order valence-corrected chi connectivity index (χ4v) is 5.14. The molecular formula is C13H19ClN2O4S2. The molecule has 0 aromatic heterocycles. The van der Waals surface area contributed by atoms with Gasteiger partial charge in [-0.05, 0) is 31.5 Å². The Morgan fingerprint density at radius 2 is 1.95 bits per heavy atom. The van der Waals surface area contributed by atoms with Crippen molar-refractivity contribution in [1.29, 1.82) is 0 Å². The highest BCUT2D eigenvalue weighted by Gasteiger charge is 2.38. The molecule has 0 fully saturated rings. The Bertz CT molecular complexity index is 775. The van der Waals surface area contributed by atoms with E-state index in [9.17, 15) is 16.8 Å². The van der Waals surface area contributed by atoms with Gasteiger partial charge in [-0.1, -0.05) is 6.07 Å². The Labute approximate surface area is 136 Å². The van der Waals surface area contributed by atoms with Crippen LogP contribution in [0.2, 0.25) is 0 Å². The summed E-state index contributed by atoms with van der Waals surface area (Å²) in [5, 5.41) is 0. The molecule has 2 rings (SSSR count). The highest BCUT2D eigenvalue weighted by Crippen LogP contribution is 2.35. The van der Waals surface area contributed by atoms with Crippen LogP contribution in [0.15, 0.2) is 23.1 Å². The van der Waals surface area contributed by atoms with Crippen LogP contribution >= 0.6 is 11.6 Å². The first-order valence-electron chi connectivity index (χ1n) is 6.77. The normalized spacial score (nSPS) is 18.5. The number of alkyl halides is 1. The average molecular weight is 367 g/mol. The summed E-state index contributed by atoms with van der Waals surface area (Å²) < 4.78 is 51.4. The van der Waals surface area contributed by atoms with Gasteiger partial charge in [0, 0.05) is 31.3 Å². The number of nitrogens with zero attached hydrogens (tertiary/aromatic N) is 2. The highest BCUT2D eigenvalue weighted by atomic mass is 35.5. The lowest BCUT2D eigenvalue weighted by Gasteiger charge is -2.39. The maximum Gasteiger partial charge on any atom is 0.304 e. The molecule has 0 unspecified atom stereocenters. The number of sulfone groups is 1. The second-order valence-electron chi connectivity index (χ2n) is 5.47. The molecule has 0 aliphatic carbocycles. The zero-order chi connectivity index (χ0) is 16.7. The first-order valence-corrected chi connectivity index (χ1v) is 10.6. The maximum absolute atomic E-state index is 12.7. The van der Waals surface area contributed by atoms with Crippen LogP contribution in [0.25, 0.3) is 0 Å². The van der Waals surface area contributed by atoms with Crippen LogP contribution in [0.1, 0.15) is 19.4 Å². The SMILES string of the molecule is CC(C)N1Cc2ccc(S(C)(=O)=O)cc2N(CCCl)S1(=O)=O. The van der Waals surface area contributed by atoms with E-state index in [0.717, 1.165) is 11.8 Å². The first kappa shape index (κ1) is 17.5. The van der Waals surface area contributed by atoms with Crippen molar-refractivity contribution < 1.29 is 16.8 Å². The van der Waals surface area contributed by atoms with Gasteiger partial charge in [0.1, 0.15) is 0 Å². The molecule has 124 valence electrons. The minimum Gasteiger partial charge on any atom is -0.256 e. The summed E-state index contributed by atoms with van der Waals surface area (Å²) in [6, 6.07) is 4.37. The van der Waals surface area contributed by atoms with Crippen molar-refractivity contribution >= 4 is 37.3 Å². The molecule has 0 saturated heterocycles. The molecule has 0 N–H and O–H groups in total. The lowest BCUT2D eigenvalue weighted by atomic mass is 10.1. The number of anilines is 1. The second-order valence-corrected chi connectivity index (χ2v) is 9.67. The van der Waals surface area contributed by atoms with E-state index in [0.29, 0.717) is 5.69 Å². The topological polar surface area (TPSA) is 74.8 Å². The molecular weight excluding hydrogens is 348 g/mol. The van der Waals surface area contributed by atoms with Crippen LogP contribution in [0, 0.1) is 0 Å². The molecule has 0 saturated carbocycles. The number of benzene rings is 1. The van der Waals surface area contributed by atoms with E-state index in [1.54, 1.807) is 19.9 Å². The summed E-state index contributed by atoms with van der Waals surface area (Å²) in [4.78, 5) is 0.0963. The van der Waals surface area contributed by atoms with Crippen molar-refractivity contribution in [2.45, 2.75) is 31.3 Å². The predicted molar refractivity (Wildman–Crippen MR) is 87.2 cm³/mol. The van der Waals surface area contributed by atoms with Crippen LogP contribution in [0.3, 0.4) is 0 Å². The molecule has 22 heavy (non-hydrogen) atoms. The largest absolute Gasteiger partial charge is 0.304 e. The van der Waals surface area contributed by atoms with Gasteiger partial charge in [0.15, 0.2) is 9.84 Å². The number of hydrogen-bond acceptors (Lipinski definition) is 4. The molecule has 1 aliphatic heterocycles. The molecule has 0 bridgehead atoms. The van der Waals surface area contributed by atoms with Crippen molar-refractivity contribution in [3.05, 3.63) is 23.8 Å². The Hall–Kier alpha value is -0.830. The van der Waals surface area contributed by atoms with Crippen molar-refractivity contribution in [2.24, 2.45) is 0 Å². The summed E-state index contributed by atoms with van der Waals surface area (Å²) in [5.41, 5.74) is 1.15. The van der Waals surface area contributed by atoms with Gasteiger partial charge in [-0.3, -0.25) is 4.31 Å². The number of halogens is 1. The van der Waals surface area contributed by atoms with Gasteiger partial charge in [-0.2, -0.15) is 12.7 Å².